The van der Waals surface area contributed by atoms with Crippen molar-refractivity contribution in [3.8, 4) is 0 Å². The number of aliphatic hydroxyl groups is 1. The van der Waals surface area contributed by atoms with Gasteiger partial charge in [0.25, 0.3) is 0 Å². The molecule has 0 aromatic carbocycles. The zero-order valence-corrected chi connectivity index (χ0v) is 5.82. The van der Waals surface area contributed by atoms with Crippen LogP contribution in [0.25, 0.3) is 0 Å². The molecule has 0 radical (unpaired) electrons. The van der Waals surface area contributed by atoms with Gasteiger partial charge in [-0.15, -0.1) is 0 Å². The third-order valence-electron chi connectivity index (χ3n) is 1.98. The van der Waals surface area contributed by atoms with Gasteiger partial charge in [0.1, 0.15) is 6.10 Å². The molecule has 1 aliphatic heterocycles. The Morgan fingerprint density at radius 3 is 2.70 bits per heavy atom. The first-order chi connectivity index (χ1) is 4.90. The van der Waals surface area contributed by atoms with Gasteiger partial charge in [-0.1, -0.05) is 0 Å². The molecule has 0 amide bonds. The van der Waals surface area contributed by atoms with E-state index in [4.69, 9.17) is 14.6 Å². The minimum atomic E-state index is -0.0643. The van der Waals surface area contributed by atoms with Crippen LogP contribution in [0.1, 0.15) is 12.8 Å². The van der Waals surface area contributed by atoms with Gasteiger partial charge < -0.3 is 14.6 Å². The maximum absolute atomic E-state index is 8.68. The van der Waals surface area contributed by atoms with E-state index in [9.17, 15) is 0 Å². The lowest BCUT2D eigenvalue weighted by Crippen LogP contribution is -2.17. The van der Waals surface area contributed by atoms with Crippen LogP contribution in [-0.4, -0.2) is 30.7 Å². The van der Waals surface area contributed by atoms with Gasteiger partial charge in [0.05, 0.1) is 13.2 Å². The smallest absolute Gasteiger partial charge is 0.161 e. The molecule has 2 fully saturated rings. The van der Waals surface area contributed by atoms with Crippen LogP contribution in [0.15, 0.2) is 0 Å². The monoisotopic (exact) mass is 144 g/mol. The van der Waals surface area contributed by atoms with E-state index in [0.29, 0.717) is 12.5 Å². The highest BCUT2D eigenvalue weighted by Crippen LogP contribution is 2.37. The minimum absolute atomic E-state index is 0.00264. The molecular formula is C7H12O3. The molecule has 0 aromatic heterocycles. The van der Waals surface area contributed by atoms with E-state index < -0.39 is 0 Å². The Bertz CT molecular complexity index is 122. The van der Waals surface area contributed by atoms with Gasteiger partial charge in [0, 0.05) is 5.92 Å². The van der Waals surface area contributed by atoms with E-state index >= 15 is 0 Å². The summed E-state index contributed by atoms with van der Waals surface area (Å²) in [4.78, 5) is 0. The van der Waals surface area contributed by atoms with E-state index in [1.54, 1.807) is 0 Å². The highest BCUT2D eigenvalue weighted by atomic mass is 16.7. The summed E-state index contributed by atoms with van der Waals surface area (Å²) in [7, 11) is 0. The maximum Gasteiger partial charge on any atom is 0.161 e. The normalized spacial score (nSPS) is 40.5. The maximum atomic E-state index is 8.68. The number of hydrogen-bond donors (Lipinski definition) is 1. The van der Waals surface area contributed by atoms with Crippen molar-refractivity contribution in [1.82, 2.24) is 0 Å². The fraction of sp³-hybridized carbons (Fsp3) is 1.00. The number of rotatable bonds is 2. The quantitative estimate of drug-likeness (QED) is 0.598. The largest absolute Gasteiger partial charge is 0.394 e. The molecule has 1 saturated heterocycles. The van der Waals surface area contributed by atoms with Crippen molar-refractivity contribution in [1.29, 1.82) is 0 Å². The molecule has 2 atom stereocenters. The fourth-order valence-electron chi connectivity index (χ4n) is 1.18. The Balaban J connectivity index is 1.81. The third-order valence-corrected chi connectivity index (χ3v) is 1.98. The molecule has 58 valence electrons. The number of hydrogen-bond acceptors (Lipinski definition) is 3. The second-order valence-corrected chi connectivity index (χ2v) is 2.98. The molecule has 3 nitrogen and oxygen atoms in total. The standard InChI is InChI=1S/C7H12O3/c8-3-6-4-9-7(10-6)5-1-2-5/h5-8H,1-4H2. The summed E-state index contributed by atoms with van der Waals surface area (Å²) in [6.07, 6.45) is 2.38. The van der Waals surface area contributed by atoms with Crippen LogP contribution < -0.4 is 0 Å². The molecule has 0 bridgehead atoms. The van der Waals surface area contributed by atoms with E-state index in [1.807, 2.05) is 0 Å². The van der Waals surface area contributed by atoms with Crippen molar-refractivity contribution >= 4 is 0 Å². The van der Waals surface area contributed by atoms with Crippen molar-refractivity contribution in [3.05, 3.63) is 0 Å². The predicted molar refractivity (Wildman–Crippen MR) is 34.4 cm³/mol. The summed E-state index contributed by atoms with van der Waals surface area (Å²) in [5.41, 5.74) is 0. The first kappa shape index (κ1) is 6.58. The molecule has 1 aliphatic carbocycles. The van der Waals surface area contributed by atoms with Crippen molar-refractivity contribution in [3.63, 3.8) is 0 Å². The van der Waals surface area contributed by atoms with Crippen LogP contribution >= 0.6 is 0 Å². The van der Waals surface area contributed by atoms with Crippen LogP contribution in [0.3, 0.4) is 0 Å². The van der Waals surface area contributed by atoms with E-state index in [-0.39, 0.29) is 19.0 Å². The van der Waals surface area contributed by atoms with Gasteiger partial charge in [0.15, 0.2) is 6.29 Å². The molecule has 1 heterocycles. The summed E-state index contributed by atoms with van der Waals surface area (Å²) >= 11 is 0. The molecule has 3 heteroatoms. The first-order valence-corrected chi connectivity index (χ1v) is 3.78. The molecule has 10 heavy (non-hydrogen) atoms. The lowest BCUT2D eigenvalue weighted by molar-refractivity contribution is -0.0785. The van der Waals surface area contributed by atoms with Crippen molar-refractivity contribution < 1.29 is 14.6 Å². The van der Waals surface area contributed by atoms with Crippen molar-refractivity contribution in [2.45, 2.75) is 25.2 Å². The molecule has 1 saturated carbocycles. The average Bonchev–Trinajstić information content (AvgIpc) is 2.70. The minimum Gasteiger partial charge on any atom is -0.394 e. The van der Waals surface area contributed by atoms with Crippen LogP contribution in [0.5, 0.6) is 0 Å². The van der Waals surface area contributed by atoms with Crippen LogP contribution in [-0.2, 0) is 9.47 Å². The van der Waals surface area contributed by atoms with Gasteiger partial charge in [-0.3, -0.25) is 0 Å². The molecular weight excluding hydrogens is 132 g/mol. The zero-order chi connectivity index (χ0) is 6.97. The van der Waals surface area contributed by atoms with Crippen LogP contribution in [0, 0.1) is 5.92 Å². The summed E-state index contributed by atoms with van der Waals surface area (Å²) in [6.45, 7) is 0.654. The van der Waals surface area contributed by atoms with E-state index in [2.05, 4.69) is 0 Å². The van der Waals surface area contributed by atoms with Gasteiger partial charge in [-0.25, -0.2) is 0 Å². The number of ether oxygens (including phenoxy) is 2. The lowest BCUT2D eigenvalue weighted by atomic mass is 10.4. The fourth-order valence-corrected chi connectivity index (χ4v) is 1.18. The lowest BCUT2D eigenvalue weighted by Gasteiger charge is -2.07. The molecule has 0 spiro atoms. The van der Waals surface area contributed by atoms with Crippen molar-refractivity contribution in [2.24, 2.45) is 5.92 Å². The third kappa shape index (κ3) is 1.17. The average molecular weight is 144 g/mol. The summed E-state index contributed by atoms with van der Waals surface area (Å²) < 4.78 is 10.7. The van der Waals surface area contributed by atoms with Crippen LogP contribution in [0.2, 0.25) is 0 Å². The molecule has 2 unspecified atom stereocenters. The predicted octanol–water partition coefficient (Wildman–Crippen LogP) is 0.130. The van der Waals surface area contributed by atoms with Gasteiger partial charge in [0.2, 0.25) is 0 Å². The topological polar surface area (TPSA) is 38.7 Å². The molecule has 0 aromatic rings. The van der Waals surface area contributed by atoms with E-state index in [0.717, 1.165) is 0 Å². The van der Waals surface area contributed by atoms with Gasteiger partial charge >= 0.3 is 0 Å². The Kier molecular flexibility index (Phi) is 1.64. The van der Waals surface area contributed by atoms with Gasteiger partial charge in [-0.2, -0.15) is 0 Å². The second kappa shape index (κ2) is 2.49. The SMILES string of the molecule is OCC1COC(C2CC2)O1. The zero-order valence-electron chi connectivity index (χ0n) is 5.82. The Hall–Kier alpha value is -0.120. The summed E-state index contributed by atoms with van der Waals surface area (Å²) in [5.74, 6) is 0.622. The summed E-state index contributed by atoms with van der Waals surface area (Å²) in [5, 5.41) is 8.68. The highest BCUT2D eigenvalue weighted by molar-refractivity contribution is 4.80. The molecule has 2 rings (SSSR count). The Morgan fingerprint density at radius 1 is 1.40 bits per heavy atom. The first-order valence-electron chi connectivity index (χ1n) is 3.78. The highest BCUT2D eigenvalue weighted by Gasteiger charge is 2.38. The molecule has 2 aliphatic rings. The van der Waals surface area contributed by atoms with Gasteiger partial charge in [-0.05, 0) is 12.8 Å². The summed E-state index contributed by atoms with van der Waals surface area (Å²) in [6, 6.07) is 0. The van der Waals surface area contributed by atoms with Crippen molar-refractivity contribution in [2.75, 3.05) is 13.2 Å². The van der Waals surface area contributed by atoms with Crippen LogP contribution in [0.4, 0.5) is 0 Å². The second-order valence-electron chi connectivity index (χ2n) is 2.98. The Morgan fingerprint density at radius 2 is 2.20 bits per heavy atom. The molecule has 1 N–H and O–H groups in total. The van der Waals surface area contributed by atoms with E-state index in [1.165, 1.54) is 12.8 Å². The Labute approximate surface area is 59.9 Å². The number of aliphatic hydroxyl groups excluding tert-OH is 1.